The first-order valence-electron chi connectivity index (χ1n) is 25.9. The lowest BCUT2D eigenvalue weighted by Crippen LogP contribution is -2.48. The van der Waals surface area contributed by atoms with Crippen LogP contribution in [0.25, 0.3) is 0 Å². The van der Waals surface area contributed by atoms with E-state index in [1.54, 1.807) is 0 Å². The molecule has 0 aliphatic carbocycles. The van der Waals surface area contributed by atoms with Crippen molar-refractivity contribution in [2.75, 3.05) is 19.8 Å². The molecule has 0 fully saturated rings. The van der Waals surface area contributed by atoms with Gasteiger partial charge < -0.3 is 40.7 Å². The molecule has 0 aromatic carbocycles. The van der Waals surface area contributed by atoms with E-state index in [0.29, 0.717) is 32.1 Å². The van der Waals surface area contributed by atoms with E-state index in [-0.39, 0.29) is 44.3 Å². The molecular weight excluding hydrogens is 838 g/mol. The van der Waals surface area contributed by atoms with Crippen molar-refractivity contribution in [3.8, 4) is 0 Å². The lowest BCUT2D eigenvalue weighted by molar-refractivity contribution is -0.151. The van der Waals surface area contributed by atoms with Crippen molar-refractivity contribution < 1.29 is 53.0 Å². The lowest BCUT2D eigenvalue weighted by atomic mass is 10.0. The van der Waals surface area contributed by atoms with Crippen molar-refractivity contribution in [1.82, 2.24) is 16.0 Å². The van der Waals surface area contributed by atoms with Crippen LogP contribution in [0.5, 0.6) is 0 Å². The predicted molar refractivity (Wildman–Crippen MR) is 256 cm³/mol. The van der Waals surface area contributed by atoms with E-state index < -0.39 is 50.5 Å². The van der Waals surface area contributed by atoms with Crippen molar-refractivity contribution in [2.24, 2.45) is 0 Å². The normalized spacial score (nSPS) is 13.5. The molecular formula is C49H96N3O11P. The number of ether oxygens (including phenoxy) is 1. The molecule has 0 heterocycles. The van der Waals surface area contributed by atoms with Crippen LogP contribution in [0, 0.1) is 0 Å². The number of aliphatic hydroxyl groups excluding tert-OH is 2. The molecule has 0 aliphatic heterocycles. The highest BCUT2D eigenvalue weighted by atomic mass is 31.2. The number of hydrogen-bond acceptors (Lipinski definition) is 9. The number of carbonyl (C=O) groups is 4. The summed E-state index contributed by atoms with van der Waals surface area (Å²) < 4.78 is 21.6. The van der Waals surface area contributed by atoms with Gasteiger partial charge in [-0.05, 0) is 38.5 Å². The van der Waals surface area contributed by atoms with E-state index in [2.05, 4.69) is 41.2 Å². The fourth-order valence-corrected chi connectivity index (χ4v) is 8.26. The fraction of sp³-hybridized carbons (Fsp3) is 0.918. The van der Waals surface area contributed by atoms with E-state index in [9.17, 15) is 34.0 Å². The van der Waals surface area contributed by atoms with E-state index in [4.69, 9.17) is 14.5 Å². The zero-order valence-electron chi connectivity index (χ0n) is 40.8. The van der Waals surface area contributed by atoms with Gasteiger partial charge in [0.1, 0.15) is 12.1 Å². The minimum absolute atomic E-state index is 0.000293. The number of esters is 1. The molecule has 0 saturated heterocycles. The summed E-state index contributed by atoms with van der Waals surface area (Å²) in [5.41, 5.74) is 0. The first-order valence-corrected chi connectivity index (χ1v) is 27.4. The van der Waals surface area contributed by atoms with Crippen LogP contribution < -0.4 is 16.0 Å². The molecule has 378 valence electrons. The number of phosphoric ester groups is 1. The molecule has 4 atom stereocenters. The monoisotopic (exact) mass is 934 g/mol. The van der Waals surface area contributed by atoms with Gasteiger partial charge in [-0.1, -0.05) is 181 Å². The molecule has 15 heteroatoms. The van der Waals surface area contributed by atoms with Gasteiger partial charge in [0.25, 0.3) is 0 Å². The van der Waals surface area contributed by atoms with Crippen LogP contribution in [0.3, 0.4) is 0 Å². The number of phosphoric acid groups is 1. The standard InChI is InChI=1S/C49H96N3O11P/c1-4-7-10-13-16-19-22-25-28-33-43(54)39-46(55)52-45(36-38-62-64(59,60)61)49(58)50-37-31-32-42(41-53)51-47(56)40-44(34-29-26-23-20-17-14-11-8-5-2)63-48(57)35-30-27-24-21-18-15-12-9-6-3/h42-45,53-54H,4-41H2,1-3H3,(H,50,58)(H,51,56)(H,52,55)(H2,59,60,61)/t42?,43-,44-,45?/m1/s1. The number of unbranched alkanes of at least 4 members (excludes halogenated alkanes) is 24. The van der Waals surface area contributed by atoms with E-state index >= 15 is 0 Å². The summed E-state index contributed by atoms with van der Waals surface area (Å²) in [6, 6.07) is -1.77. The smallest absolute Gasteiger partial charge is 0.462 e. The van der Waals surface area contributed by atoms with Gasteiger partial charge in [0, 0.05) is 19.4 Å². The molecule has 64 heavy (non-hydrogen) atoms. The zero-order valence-corrected chi connectivity index (χ0v) is 41.7. The first kappa shape index (κ1) is 61.9. The average Bonchev–Trinajstić information content (AvgIpc) is 3.24. The Kier molecular flexibility index (Phi) is 42.1. The molecule has 0 aromatic heterocycles. The van der Waals surface area contributed by atoms with Gasteiger partial charge in [-0.25, -0.2) is 4.57 Å². The summed E-state index contributed by atoms with van der Waals surface area (Å²) in [7, 11) is -4.80. The molecule has 2 unspecified atom stereocenters. The molecule has 0 rings (SSSR count). The first-order chi connectivity index (χ1) is 30.8. The summed E-state index contributed by atoms with van der Waals surface area (Å²) in [4.78, 5) is 70.2. The van der Waals surface area contributed by atoms with Crippen molar-refractivity contribution in [1.29, 1.82) is 0 Å². The molecule has 0 aliphatic rings. The topological polar surface area (TPSA) is 221 Å². The van der Waals surface area contributed by atoms with Crippen LogP contribution in [-0.2, 0) is 33.0 Å². The van der Waals surface area contributed by atoms with Gasteiger partial charge in [0.2, 0.25) is 17.7 Å². The SMILES string of the molecule is CCCCCCCCCCCC(=O)O[C@H](CCCCCCCCCCC)CC(=O)NC(CO)CCCNC(=O)C(CCOP(=O)(O)O)NC(=O)C[C@H](O)CCCCCCCCCCC. The highest BCUT2D eigenvalue weighted by molar-refractivity contribution is 7.46. The number of amides is 3. The lowest BCUT2D eigenvalue weighted by Gasteiger charge is -2.21. The second-order valence-electron chi connectivity index (χ2n) is 18.1. The van der Waals surface area contributed by atoms with Crippen LogP contribution >= 0.6 is 7.82 Å². The Morgan fingerprint density at radius 2 is 1.00 bits per heavy atom. The summed E-state index contributed by atoms with van der Waals surface area (Å²) in [6.45, 7) is 5.93. The highest BCUT2D eigenvalue weighted by Gasteiger charge is 2.25. The molecule has 7 N–H and O–H groups in total. The van der Waals surface area contributed by atoms with E-state index in [1.807, 2.05) is 0 Å². The van der Waals surface area contributed by atoms with Crippen LogP contribution in [0.15, 0.2) is 0 Å². The number of nitrogens with one attached hydrogen (secondary N) is 3. The molecule has 0 aromatic rings. The second-order valence-corrected chi connectivity index (χ2v) is 19.3. The summed E-state index contributed by atoms with van der Waals surface area (Å²) in [5, 5.41) is 28.7. The fourth-order valence-electron chi connectivity index (χ4n) is 7.91. The van der Waals surface area contributed by atoms with Crippen molar-refractivity contribution >= 4 is 31.5 Å². The molecule has 3 amide bonds. The molecule has 0 spiro atoms. The average molecular weight is 934 g/mol. The number of aliphatic hydroxyl groups is 2. The Hall–Kier alpha value is -2.09. The highest BCUT2D eigenvalue weighted by Crippen LogP contribution is 2.35. The Labute approximate surface area is 389 Å². The summed E-state index contributed by atoms with van der Waals surface area (Å²) in [6.07, 6.45) is 31.1. The van der Waals surface area contributed by atoms with Crippen LogP contribution in [0.2, 0.25) is 0 Å². The van der Waals surface area contributed by atoms with Crippen molar-refractivity contribution in [3.63, 3.8) is 0 Å². The van der Waals surface area contributed by atoms with Gasteiger partial charge >= 0.3 is 13.8 Å². The Bertz CT molecular complexity index is 1190. The third kappa shape index (κ3) is 41.3. The van der Waals surface area contributed by atoms with Crippen LogP contribution in [0.4, 0.5) is 0 Å². The number of hydrogen-bond donors (Lipinski definition) is 7. The maximum Gasteiger partial charge on any atom is 0.469 e. The largest absolute Gasteiger partial charge is 0.469 e. The molecule has 14 nitrogen and oxygen atoms in total. The Morgan fingerprint density at radius 1 is 0.547 bits per heavy atom. The quantitative estimate of drug-likeness (QED) is 0.0173. The maximum atomic E-state index is 13.2. The molecule has 0 saturated carbocycles. The maximum absolute atomic E-state index is 13.2. The van der Waals surface area contributed by atoms with Gasteiger partial charge in [-0.3, -0.25) is 23.7 Å². The van der Waals surface area contributed by atoms with Gasteiger partial charge in [0.05, 0.1) is 38.2 Å². The van der Waals surface area contributed by atoms with E-state index in [1.165, 1.54) is 109 Å². The van der Waals surface area contributed by atoms with Gasteiger partial charge in [-0.15, -0.1) is 0 Å². The zero-order chi connectivity index (χ0) is 47.5. The second kappa shape index (κ2) is 43.5. The molecule has 0 radical (unpaired) electrons. The minimum Gasteiger partial charge on any atom is -0.462 e. The summed E-state index contributed by atoms with van der Waals surface area (Å²) in [5.74, 6) is -1.76. The number of carbonyl (C=O) groups excluding carboxylic acids is 4. The van der Waals surface area contributed by atoms with E-state index in [0.717, 1.165) is 64.2 Å². The summed E-state index contributed by atoms with van der Waals surface area (Å²) >= 11 is 0. The van der Waals surface area contributed by atoms with Crippen LogP contribution in [-0.4, -0.2) is 87.7 Å². The molecule has 0 bridgehead atoms. The minimum atomic E-state index is -4.80. The van der Waals surface area contributed by atoms with Gasteiger partial charge in [-0.2, -0.15) is 0 Å². The predicted octanol–water partition coefficient (Wildman–Crippen LogP) is 10.2. The third-order valence-electron chi connectivity index (χ3n) is 11.8. The van der Waals surface area contributed by atoms with Crippen molar-refractivity contribution in [2.45, 2.75) is 270 Å². The third-order valence-corrected chi connectivity index (χ3v) is 12.3. The van der Waals surface area contributed by atoms with Crippen LogP contribution in [0.1, 0.15) is 245 Å². The Balaban J connectivity index is 5.00. The van der Waals surface area contributed by atoms with Crippen molar-refractivity contribution in [3.05, 3.63) is 0 Å². The number of rotatable bonds is 47. The van der Waals surface area contributed by atoms with Gasteiger partial charge in [0.15, 0.2) is 0 Å². The Morgan fingerprint density at radius 3 is 1.48 bits per heavy atom.